The summed E-state index contributed by atoms with van der Waals surface area (Å²) in [5.74, 6) is 0.453. The Bertz CT molecular complexity index is 1060. The van der Waals surface area contributed by atoms with Crippen molar-refractivity contribution in [3.05, 3.63) is 94.0 Å². The first kappa shape index (κ1) is 19.0. The van der Waals surface area contributed by atoms with Crippen molar-refractivity contribution >= 4 is 29.4 Å². The highest BCUT2D eigenvalue weighted by Gasteiger charge is 2.20. The minimum atomic E-state index is -0.246. The van der Waals surface area contributed by atoms with Crippen LogP contribution in [0.3, 0.4) is 0 Å². The normalized spacial score (nSPS) is 12.8. The predicted octanol–water partition coefficient (Wildman–Crippen LogP) is 4.63. The van der Waals surface area contributed by atoms with Gasteiger partial charge in [-0.25, -0.2) is 5.43 Å². The molecule has 0 aromatic heterocycles. The van der Waals surface area contributed by atoms with Crippen LogP contribution in [0.25, 0.3) is 0 Å². The first-order valence-corrected chi connectivity index (χ1v) is 9.60. The molecule has 4 rings (SSSR count). The Morgan fingerprint density at radius 1 is 1.07 bits per heavy atom. The molecule has 0 saturated heterocycles. The molecule has 1 N–H and O–H groups in total. The number of hydrazone groups is 1. The number of fused-ring (bicyclic) bond motifs is 1. The number of carbonyl (C=O) groups is 1. The number of hydrogen-bond acceptors (Lipinski definition) is 4. The van der Waals surface area contributed by atoms with Crippen molar-refractivity contribution in [3.63, 3.8) is 0 Å². The second kappa shape index (κ2) is 8.37. The van der Waals surface area contributed by atoms with Gasteiger partial charge in [-0.05, 0) is 59.7 Å². The molecule has 6 heteroatoms. The third-order valence-corrected chi connectivity index (χ3v) is 5.14. The van der Waals surface area contributed by atoms with Crippen LogP contribution in [0, 0.1) is 0 Å². The van der Waals surface area contributed by atoms with Crippen LogP contribution in [0.1, 0.15) is 27.0 Å². The van der Waals surface area contributed by atoms with Crippen molar-refractivity contribution < 1.29 is 9.53 Å². The van der Waals surface area contributed by atoms with Crippen LogP contribution >= 0.6 is 11.6 Å². The minimum Gasteiger partial charge on any atom is -0.496 e. The van der Waals surface area contributed by atoms with Gasteiger partial charge in [-0.1, -0.05) is 29.8 Å². The Hall–Kier alpha value is -3.31. The Balaban J connectivity index is 1.43. The number of nitrogens with zero attached hydrogens (tertiary/aromatic N) is 2. The fraction of sp³-hybridized carbons (Fsp3) is 0.130. The van der Waals surface area contributed by atoms with E-state index in [2.05, 4.69) is 15.4 Å². The number of amides is 1. The van der Waals surface area contributed by atoms with E-state index in [4.69, 9.17) is 16.3 Å². The lowest BCUT2D eigenvalue weighted by molar-refractivity contribution is 0.0955. The number of carbonyl (C=O) groups excluding carboxylic acids is 1. The van der Waals surface area contributed by atoms with Crippen molar-refractivity contribution in [3.8, 4) is 5.75 Å². The molecule has 0 saturated carbocycles. The van der Waals surface area contributed by atoms with E-state index in [0.29, 0.717) is 11.3 Å². The van der Waals surface area contributed by atoms with E-state index in [1.807, 2.05) is 66.7 Å². The molecule has 0 bridgehead atoms. The van der Waals surface area contributed by atoms with Gasteiger partial charge in [0.05, 0.1) is 13.3 Å². The van der Waals surface area contributed by atoms with Crippen LogP contribution in [0.2, 0.25) is 5.02 Å². The molecule has 0 unspecified atom stereocenters. The van der Waals surface area contributed by atoms with Crippen LogP contribution < -0.4 is 15.1 Å². The third-order valence-electron chi connectivity index (χ3n) is 4.89. The highest BCUT2D eigenvalue weighted by molar-refractivity contribution is 6.30. The summed E-state index contributed by atoms with van der Waals surface area (Å²) >= 11 is 5.98. The van der Waals surface area contributed by atoms with Gasteiger partial charge in [-0.2, -0.15) is 5.10 Å². The van der Waals surface area contributed by atoms with Gasteiger partial charge in [0, 0.05) is 34.9 Å². The highest BCUT2D eigenvalue weighted by atomic mass is 35.5. The molecular formula is C23H20ClN3O2. The lowest BCUT2D eigenvalue weighted by atomic mass is 10.1. The zero-order chi connectivity index (χ0) is 20.2. The van der Waals surface area contributed by atoms with Crippen molar-refractivity contribution in [2.24, 2.45) is 5.10 Å². The van der Waals surface area contributed by atoms with E-state index >= 15 is 0 Å². The van der Waals surface area contributed by atoms with Crippen molar-refractivity contribution in [1.82, 2.24) is 5.43 Å². The summed E-state index contributed by atoms with van der Waals surface area (Å²) in [6, 6.07) is 21.0. The highest BCUT2D eigenvalue weighted by Crippen LogP contribution is 2.29. The first-order chi connectivity index (χ1) is 14.1. The van der Waals surface area contributed by atoms with Crippen LogP contribution in [0.15, 0.2) is 71.8 Å². The van der Waals surface area contributed by atoms with Gasteiger partial charge in [0.1, 0.15) is 5.75 Å². The van der Waals surface area contributed by atoms with Crippen LogP contribution in [0.4, 0.5) is 5.69 Å². The standard InChI is InChI=1S/C23H20ClN3O2/c1-29-22-5-3-2-4-17(22)13-25-26-23(28)16-6-7-18-14-27(15-19(18)12-16)21-10-8-20(24)9-11-21/h2-13H,14-15H2,1H3,(H,26,28)/b25-13+. The van der Waals surface area contributed by atoms with Gasteiger partial charge in [-0.3, -0.25) is 4.79 Å². The van der Waals surface area contributed by atoms with Crippen molar-refractivity contribution in [2.75, 3.05) is 12.0 Å². The molecule has 1 aliphatic rings. The van der Waals surface area contributed by atoms with E-state index in [1.54, 1.807) is 13.3 Å². The summed E-state index contributed by atoms with van der Waals surface area (Å²) in [4.78, 5) is 14.7. The second-order valence-electron chi connectivity index (χ2n) is 6.76. The van der Waals surface area contributed by atoms with E-state index in [1.165, 1.54) is 5.56 Å². The smallest absolute Gasteiger partial charge is 0.271 e. The third kappa shape index (κ3) is 4.25. The SMILES string of the molecule is COc1ccccc1/C=N/NC(=O)c1ccc2c(c1)CN(c1ccc(Cl)cc1)C2. The maximum absolute atomic E-state index is 12.5. The van der Waals surface area contributed by atoms with E-state index in [0.717, 1.165) is 34.9 Å². The monoisotopic (exact) mass is 405 g/mol. The number of methoxy groups -OCH3 is 1. The van der Waals surface area contributed by atoms with Crippen molar-refractivity contribution in [1.29, 1.82) is 0 Å². The predicted molar refractivity (Wildman–Crippen MR) is 116 cm³/mol. The molecule has 0 radical (unpaired) electrons. The van der Waals surface area contributed by atoms with Gasteiger partial charge in [0.25, 0.3) is 5.91 Å². The fourth-order valence-electron chi connectivity index (χ4n) is 3.37. The summed E-state index contributed by atoms with van der Waals surface area (Å²) in [6.07, 6.45) is 1.58. The molecule has 1 heterocycles. The number of para-hydroxylation sites is 1. The molecule has 0 atom stereocenters. The average molecular weight is 406 g/mol. The van der Waals surface area contributed by atoms with E-state index in [9.17, 15) is 4.79 Å². The molecule has 0 spiro atoms. The summed E-state index contributed by atoms with van der Waals surface area (Å²) in [5.41, 5.74) is 7.43. The largest absolute Gasteiger partial charge is 0.496 e. The van der Waals surface area contributed by atoms with Crippen LogP contribution in [-0.4, -0.2) is 19.2 Å². The Labute approximate surface area is 174 Å². The minimum absolute atomic E-state index is 0.246. The summed E-state index contributed by atoms with van der Waals surface area (Å²) in [5, 5.41) is 4.78. The van der Waals surface area contributed by atoms with E-state index in [-0.39, 0.29) is 5.91 Å². The number of benzene rings is 3. The number of hydrogen-bond donors (Lipinski definition) is 1. The van der Waals surface area contributed by atoms with E-state index < -0.39 is 0 Å². The summed E-state index contributed by atoms with van der Waals surface area (Å²) < 4.78 is 5.27. The first-order valence-electron chi connectivity index (χ1n) is 9.23. The Morgan fingerprint density at radius 2 is 1.83 bits per heavy atom. The number of nitrogens with one attached hydrogen (secondary N) is 1. The Kier molecular flexibility index (Phi) is 5.49. The zero-order valence-electron chi connectivity index (χ0n) is 15.9. The molecule has 3 aromatic rings. The molecule has 0 fully saturated rings. The van der Waals surface area contributed by atoms with Gasteiger partial charge in [-0.15, -0.1) is 0 Å². The second-order valence-corrected chi connectivity index (χ2v) is 7.19. The Morgan fingerprint density at radius 3 is 2.62 bits per heavy atom. The van der Waals surface area contributed by atoms with Gasteiger partial charge < -0.3 is 9.64 Å². The lowest BCUT2D eigenvalue weighted by Gasteiger charge is -2.17. The van der Waals surface area contributed by atoms with Gasteiger partial charge in [0.2, 0.25) is 0 Å². The maximum atomic E-state index is 12.5. The molecule has 0 aliphatic carbocycles. The van der Waals surface area contributed by atoms with Gasteiger partial charge in [0.15, 0.2) is 0 Å². The van der Waals surface area contributed by atoms with Crippen LogP contribution in [0.5, 0.6) is 5.75 Å². The molecule has 29 heavy (non-hydrogen) atoms. The molecule has 3 aromatic carbocycles. The fourth-order valence-corrected chi connectivity index (χ4v) is 3.49. The number of halogens is 1. The lowest BCUT2D eigenvalue weighted by Crippen LogP contribution is -2.18. The molecule has 1 amide bonds. The number of anilines is 1. The number of ether oxygens (including phenoxy) is 1. The zero-order valence-corrected chi connectivity index (χ0v) is 16.7. The topological polar surface area (TPSA) is 53.9 Å². The van der Waals surface area contributed by atoms with Gasteiger partial charge >= 0.3 is 0 Å². The molecule has 146 valence electrons. The number of rotatable bonds is 5. The van der Waals surface area contributed by atoms with Crippen molar-refractivity contribution in [2.45, 2.75) is 13.1 Å². The summed E-state index contributed by atoms with van der Waals surface area (Å²) in [7, 11) is 1.60. The quantitative estimate of drug-likeness (QED) is 0.497. The molecule has 5 nitrogen and oxygen atoms in total. The average Bonchev–Trinajstić information content (AvgIpc) is 3.18. The van der Waals surface area contributed by atoms with Crippen LogP contribution in [-0.2, 0) is 13.1 Å². The molecular weight excluding hydrogens is 386 g/mol. The summed E-state index contributed by atoms with van der Waals surface area (Å²) in [6.45, 7) is 1.56. The molecule has 1 aliphatic heterocycles. The maximum Gasteiger partial charge on any atom is 0.271 e.